The monoisotopic (exact) mass is 700 g/mol. The third-order valence-corrected chi connectivity index (χ3v) is 10.8. The molecule has 0 aliphatic carbocycles. The van der Waals surface area contributed by atoms with Crippen molar-refractivity contribution in [1.29, 1.82) is 0 Å². The molecule has 0 N–H and O–H groups in total. The lowest BCUT2D eigenvalue weighted by Gasteiger charge is -2.17. The average molecular weight is 701 g/mol. The summed E-state index contributed by atoms with van der Waals surface area (Å²) in [6, 6.07) is 68.7. The normalized spacial score (nSPS) is 11.6. The second-order valence-corrected chi connectivity index (χ2v) is 14.0. The molecule has 0 spiro atoms. The SMILES string of the molecule is c1ccc(-c2ccc(-c3nc(-c4ccccc4)nc(-c4ccc5ccccc5c4)n3)c(-n3c4ccc5ccccc5c4c4c5ccccc5ccc43)c2)cc1. The van der Waals surface area contributed by atoms with Crippen molar-refractivity contribution in [2.24, 2.45) is 0 Å². The summed E-state index contributed by atoms with van der Waals surface area (Å²) in [6.45, 7) is 0. The van der Waals surface area contributed by atoms with E-state index in [2.05, 4.69) is 180 Å². The van der Waals surface area contributed by atoms with E-state index < -0.39 is 0 Å². The Labute approximate surface area is 317 Å². The molecule has 4 nitrogen and oxygen atoms in total. The Balaban J connectivity index is 1.25. The van der Waals surface area contributed by atoms with Gasteiger partial charge in [0.25, 0.3) is 0 Å². The van der Waals surface area contributed by atoms with Gasteiger partial charge in [-0.15, -0.1) is 0 Å². The molecule has 0 aliphatic heterocycles. The lowest BCUT2D eigenvalue weighted by atomic mass is 10.00. The van der Waals surface area contributed by atoms with Gasteiger partial charge in [0.2, 0.25) is 0 Å². The quantitative estimate of drug-likeness (QED) is 0.179. The molecule has 9 aromatic carbocycles. The molecule has 0 saturated heterocycles. The molecule has 0 saturated carbocycles. The number of rotatable bonds is 5. The largest absolute Gasteiger partial charge is 0.308 e. The predicted octanol–water partition coefficient (Wildman–Crippen LogP) is 13.1. The van der Waals surface area contributed by atoms with E-state index in [-0.39, 0.29) is 0 Å². The molecule has 0 unspecified atom stereocenters. The Kier molecular flexibility index (Phi) is 7.14. The third-order valence-electron chi connectivity index (χ3n) is 10.8. The Bertz CT molecular complexity index is 3160. The maximum Gasteiger partial charge on any atom is 0.166 e. The molecule has 55 heavy (non-hydrogen) atoms. The van der Waals surface area contributed by atoms with Crippen molar-refractivity contribution in [3.8, 4) is 51.0 Å². The topological polar surface area (TPSA) is 43.6 Å². The highest BCUT2D eigenvalue weighted by molar-refractivity contribution is 6.28. The van der Waals surface area contributed by atoms with Crippen LogP contribution < -0.4 is 0 Å². The van der Waals surface area contributed by atoms with E-state index in [1.165, 1.54) is 37.7 Å². The zero-order valence-electron chi connectivity index (χ0n) is 29.8. The van der Waals surface area contributed by atoms with Gasteiger partial charge in [0.1, 0.15) is 0 Å². The first kappa shape index (κ1) is 31.1. The van der Waals surface area contributed by atoms with Crippen LogP contribution in [-0.2, 0) is 0 Å². The summed E-state index contributed by atoms with van der Waals surface area (Å²) in [4.78, 5) is 15.7. The van der Waals surface area contributed by atoms with Crippen molar-refractivity contribution < 1.29 is 0 Å². The van der Waals surface area contributed by atoms with Gasteiger partial charge in [0.15, 0.2) is 17.5 Å². The molecule has 0 amide bonds. The molecule has 2 aromatic heterocycles. The molecular weight excluding hydrogens is 669 g/mol. The van der Waals surface area contributed by atoms with Crippen LogP contribution in [0.15, 0.2) is 194 Å². The molecule has 2 heterocycles. The predicted molar refractivity (Wildman–Crippen MR) is 228 cm³/mol. The molecule has 0 radical (unpaired) electrons. The van der Waals surface area contributed by atoms with E-state index in [1.54, 1.807) is 0 Å². The number of hydrogen-bond donors (Lipinski definition) is 0. The molecule has 0 fully saturated rings. The van der Waals surface area contributed by atoms with Gasteiger partial charge in [0, 0.05) is 27.5 Å². The van der Waals surface area contributed by atoms with Crippen LogP contribution in [0.5, 0.6) is 0 Å². The van der Waals surface area contributed by atoms with E-state index >= 15 is 0 Å². The Morgan fingerprint density at radius 1 is 0.309 bits per heavy atom. The molecule has 0 bridgehead atoms. The minimum atomic E-state index is 0.614. The van der Waals surface area contributed by atoms with Crippen LogP contribution in [0.1, 0.15) is 0 Å². The average Bonchev–Trinajstić information content (AvgIpc) is 3.62. The first-order valence-corrected chi connectivity index (χ1v) is 18.6. The summed E-state index contributed by atoms with van der Waals surface area (Å²) in [6.07, 6.45) is 0. The maximum atomic E-state index is 5.30. The third kappa shape index (κ3) is 5.19. The van der Waals surface area contributed by atoms with Gasteiger partial charge in [-0.25, -0.2) is 15.0 Å². The second kappa shape index (κ2) is 12.6. The van der Waals surface area contributed by atoms with Gasteiger partial charge in [0.05, 0.1) is 16.7 Å². The van der Waals surface area contributed by atoms with Crippen molar-refractivity contribution in [1.82, 2.24) is 19.5 Å². The zero-order valence-corrected chi connectivity index (χ0v) is 29.8. The standard InChI is InChI=1S/C51H32N4/c1-3-13-33(14-4-1)39-25-28-43(51-53-49(37-18-5-2-6-19-37)52-50(54-51)40-24-23-34-15-7-8-20-38(34)31-40)46(32-39)55-44-29-26-35-16-9-11-21-41(35)47(44)48-42-22-12-10-17-36(42)27-30-45(48)55/h1-32H. The smallest absolute Gasteiger partial charge is 0.166 e. The maximum absolute atomic E-state index is 5.30. The van der Waals surface area contributed by atoms with Gasteiger partial charge in [-0.05, 0) is 73.8 Å². The number of aromatic nitrogens is 4. The molecular formula is C51H32N4. The van der Waals surface area contributed by atoms with Crippen molar-refractivity contribution in [2.75, 3.05) is 0 Å². The van der Waals surface area contributed by atoms with Crippen molar-refractivity contribution in [3.05, 3.63) is 194 Å². The van der Waals surface area contributed by atoms with Gasteiger partial charge < -0.3 is 4.57 Å². The van der Waals surface area contributed by atoms with Crippen LogP contribution in [0.3, 0.4) is 0 Å². The van der Waals surface area contributed by atoms with Crippen LogP contribution in [0.2, 0.25) is 0 Å². The lowest BCUT2D eigenvalue weighted by Crippen LogP contribution is -2.04. The second-order valence-electron chi connectivity index (χ2n) is 14.0. The zero-order chi connectivity index (χ0) is 36.3. The van der Waals surface area contributed by atoms with Gasteiger partial charge >= 0.3 is 0 Å². The fourth-order valence-electron chi connectivity index (χ4n) is 8.19. The van der Waals surface area contributed by atoms with Crippen LogP contribution in [0.25, 0.3) is 105 Å². The molecule has 11 rings (SSSR count). The summed E-state index contributed by atoms with van der Waals surface area (Å²) < 4.78 is 2.42. The van der Waals surface area contributed by atoms with Crippen LogP contribution >= 0.6 is 0 Å². The van der Waals surface area contributed by atoms with Crippen LogP contribution in [0.4, 0.5) is 0 Å². The highest BCUT2D eigenvalue weighted by Gasteiger charge is 2.22. The van der Waals surface area contributed by atoms with E-state index in [4.69, 9.17) is 15.0 Å². The van der Waals surface area contributed by atoms with E-state index in [0.717, 1.165) is 49.9 Å². The summed E-state index contributed by atoms with van der Waals surface area (Å²) in [5.41, 5.74) is 8.31. The summed E-state index contributed by atoms with van der Waals surface area (Å²) >= 11 is 0. The number of benzene rings is 9. The van der Waals surface area contributed by atoms with Crippen molar-refractivity contribution >= 4 is 54.1 Å². The molecule has 0 aliphatic rings. The highest BCUT2D eigenvalue weighted by atomic mass is 15.1. The lowest BCUT2D eigenvalue weighted by molar-refractivity contribution is 1.07. The van der Waals surface area contributed by atoms with Crippen LogP contribution in [0, 0.1) is 0 Å². The Hall–Kier alpha value is -7.43. The van der Waals surface area contributed by atoms with Gasteiger partial charge in [-0.3, -0.25) is 0 Å². The highest BCUT2D eigenvalue weighted by Crippen LogP contribution is 2.43. The molecule has 0 atom stereocenters. The molecule has 256 valence electrons. The minimum absolute atomic E-state index is 0.614. The molecule has 4 heteroatoms. The summed E-state index contributed by atoms with van der Waals surface area (Å²) in [5.74, 6) is 1.88. The van der Waals surface area contributed by atoms with E-state index in [1.807, 2.05) is 18.2 Å². The number of nitrogens with zero attached hydrogens (tertiary/aromatic N) is 4. The van der Waals surface area contributed by atoms with Gasteiger partial charge in [-0.1, -0.05) is 164 Å². The summed E-state index contributed by atoms with van der Waals surface area (Å²) in [7, 11) is 0. The number of fused-ring (bicyclic) bond motifs is 8. The van der Waals surface area contributed by atoms with Crippen molar-refractivity contribution in [3.63, 3.8) is 0 Å². The first-order chi connectivity index (χ1) is 27.3. The van der Waals surface area contributed by atoms with Gasteiger partial charge in [-0.2, -0.15) is 0 Å². The van der Waals surface area contributed by atoms with E-state index in [9.17, 15) is 0 Å². The Morgan fingerprint density at radius 2 is 0.800 bits per heavy atom. The fraction of sp³-hybridized carbons (Fsp3) is 0. The Morgan fingerprint density at radius 3 is 1.45 bits per heavy atom. The fourth-order valence-corrected chi connectivity index (χ4v) is 8.19. The summed E-state index contributed by atoms with van der Waals surface area (Å²) in [5, 5.41) is 9.67. The minimum Gasteiger partial charge on any atom is -0.308 e. The molecule has 11 aromatic rings. The number of hydrogen-bond acceptors (Lipinski definition) is 3. The van der Waals surface area contributed by atoms with Crippen LogP contribution in [-0.4, -0.2) is 19.5 Å². The van der Waals surface area contributed by atoms with Crippen molar-refractivity contribution in [2.45, 2.75) is 0 Å². The first-order valence-electron chi connectivity index (χ1n) is 18.6. The van der Waals surface area contributed by atoms with E-state index in [0.29, 0.717) is 17.5 Å².